The van der Waals surface area contributed by atoms with Crippen LogP contribution in [0, 0.1) is 0 Å². The average Bonchev–Trinajstić information content (AvgIpc) is 2.67. The van der Waals surface area contributed by atoms with Crippen molar-refractivity contribution in [2.45, 2.75) is 31.0 Å². The highest BCUT2D eigenvalue weighted by atomic mass is 16.7. The SMILES string of the molecule is O=C(Cc1ccccc1)OC1O[C@H](CO)[C@@H](O)[C@H]1O. The Hall–Kier alpha value is -1.47. The van der Waals surface area contributed by atoms with Gasteiger partial charge in [0.05, 0.1) is 13.0 Å². The van der Waals surface area contributed by atoms with Gasteiger partial charge < -0.3 is 24.8 Å². The first-order valence-electron chi connectivity index (χ1n) is 5.97. The predicted molar refractivity (Wildman–Crippen MR) is 64.0 cm³/mol. The van der Waals surface area contributed by atoms with Crippen molar-refractivity contribution >= 4 is 5.97 Å². The lowest BCUT2D eigenvalue weighted by Gasteiger charge is -2.15. The summed E-state index contributed by atoms with van der Waals surface area (Å²) in [5.41, 5.74) is 0.777. The van der Waals surface area contributed by atoms with Gasteiger partial charge in [-0.15, -0.1) is 0 Å². The Balaban J connectivity index is 1.89. The molecule has 0 bridgehead atoms. The van der Waals surface area contributed by atoms with Crippen molar-refractivity contribution in [2.75, 3.05) is 6.61 Å². The lowest BCUT2D eigenvalue weighted by molar-refractivity contribution is -0.189. The first kappa shape index (κ1) is 14.0. The van der Waals surface area contributed by atoms with E-state index < -0.39 is 37.2 Å². The molecule has 2 rings (SSSR count). The van der Waals surface area contributed by atoms with Crippen LogP contribution in [0.15, 0.2) is 30.3 Å². The number of carbonyl (C=O) groups is 1. The van der Waals surface area contributed by atoms with Gasteiger partial charge in [0, 0.05) is 0 Å². The molecule has 1 unspecified atom stereocenters. The molecule has 1 heterocycles. The number of esters is 1. The summed E-state index contributed by atoms with van der Waals surface area (Å²) < 4.78 is 10.00. The maximum atomic E-state index is 11.7. The third kappa shape index (κ3) is 3.30. The Morgan fingerprint density at radius 3 is 2.47 bits per heavy atom. The van der Waals surface area contributed by atoms with E-state index in [0.29, 0.717) is 0 Å². The van der Waals surface area contributed by atoms with Crippen LogP contribution in [0.2, 0.25) is 0 Å². The first-order valence-corrected chi connectivity index (χ1v) is 5.97. The van der Waals surface area contributed by atoms with Crippen LogP contribution in [-0.4, -0.2) is 52.5 Å². The molecular formula is C13H16O6. The van der Waals surface area contributed by atoms with Gasteiger partial charge in [-0.3, -0.25) is 4.79 Å². The molecule has 1 saturated heterocycles. The van der Waals surface area contributed by atoms with E-state index in [2.05, 4.69) is 0 Å². The predicted octanol–water partition coefficient (Wildman–Crippen LogP) is -0.789. The third-order valence-corrected chi connectivity index (χ3v) is 2.94. The maximum Gasteiger partial charge on any atom is 0.312 e. The Labute approximate surface area is 110 Å². The Morgan fingerprint density at radius 1 is 1.21 bits per heavy atom. The highest BCUT2D eigenvalue weighted by Gasteiger charge is 2.44. The zero-order valence-corrected chi connectivity index (χ0v) is 10.2. The number of hydrogen-bond donors (Lipinski definition) is 3. The Bertz CT molecular complexity index is 420. The topological polar surface area (TPSA) is 96.2 Å². The molecule has 0 radical (unpaired) electrons. The quantitative estimate of drug-likeness (QED) is 0.619. The molecule has 6 heteroatoms. The number of rotatable bonds is 4. The molecule has 4 atom stereocenters. The smallest absolute Gasteiger partial charge is 0.312 e. The van der Waals surface area contributed by atoms with E-state index >= 15 is 0 Å². The minimum atomic E-state index is -1.35. The highest BCUT2D eigenvalue weighted by molar-refractivity contribution is 5.72. The van der Waals surface area contributed by atoms with E-state index in [4.69, 9.17) is 14.6 Å². The van der Waals surface area contributed by atoms with E-state index in [1.165, 1.54) is 0 Å². The van der Waals surface area contributed by atoms with E-state index in [9.17, 15) is 15.0 Å². The number of ether oxygens (including phenoxy) is 2. The number of carbonyl (C=O) groups excluding carboxylic acids is 1. The molecule has 1 fully saturated rings. The number of aliphatic hydroxyl groups is 3. The summed E-state index contributed by atoms with van der Waals surface area (Å²) in [5.74, 6) is -0.568. The van der Waals surface area contributed by atoms with E-state index in [0.717, 1.165) is 5.56 Å². The molecule has 0 saturated carbocycles. The highest BCUT2D eigenvalue weighted by Crippen LogP contribution is 2.22. The Kier molecular flexibility index (Phi) is 4.49. The van der Waals surface area contributed by atoms with Gasteiger partial charge >= 0.3 is 5.97 Å². The summed E-state index contributed by atoms with van der Waals surface area (Å²) in [6.07, 6.45) is -4.75. The van der Waals surface area contributed by atoms with Gasteiger partial charge in [0.25, 0.3) is 0 Å². The van der Waals surface area contributed by atoms with Crippen LogP contribution in [0.3, 0.4) is 0 Å². The summed E-state index contributed by atoms with van der Waals surface area (Å²) in [6, 6.07) is 8.99. The molecule has 3 N–H and O–H groups in total. The standard InChI is InChI=1S/C13H16O6/c14-7-9-11(16)12(17)13(18-9)19-10(15)6-8-4-2-1-3-5-8/h1-5,9,11-14,16-17H,6-7H2/t9-,11-,12-,13?/m1/s1. The van der Waals surface area contributed by atoms with Crippen molar-refractivity contribution in [3.05, 3.63) is 35.9 Å². The van der Waals surface area contributed by atoms with Gasteiger partial charge in [-0.1, -0.05) is 30.3 Å². The van der Waals surface area contributed by atoms with Crippen molar-refractivity contribution in [3.8, 4) is 0 Å². The number of aliphatic hydroxyl groups excluding tert-OH is 3. The van der Waals surface area contributed by atoms with Crippen LogP contribution in [0.25, 0.3) is 0 Å². The molecule has 1 aromatic carbocycles. The molecule has 0 spiro atoms. The second-order valence-corrected chi connectivity index (χ2v) is 4.36. The molecule has 19 heavy (non-hydrogen) atoms. The van der Waals surface area contributed by atoms with Crippen molar-refractivity contribution in [1.29, 1.82) is 0 Å². The van der Waals surface area contributed by atoms with Gasteiger partial charge in [0.2, 0.25) is 6.29 Å². The zero-order valence-electron chi connectivity index (χ0n) is 10.2. The largest absolute Gasteiger partial charge is 0.432 e. The summed E-state index contributed by atoms with van der Waals surface area (Å²) in [5, 5.41) is 28.0. The summed E-state index contributed by atoms with van der Waals surface area (Å²) in [4.78, 5) is 11.7. The average molecular weight is 268 g/mol. The van der Waals surface area contributed by atoms with Crippen molar-refractivity contribution in [2.24, 2.45) is 0 Å². The van der Waals surface area contributed by atoms with Gasteiger partial charge in [-0.25, -0.2) is 0 Å². The summed E-state index contributed by atoms with van der Waals surface area (Å²) in [7, 11) is 0. The van der Waals surface area contributed by atoms with Crippen LogP contribution in [0.5, 0.6) is 0 Å². The molecule has 0 aromatic heterocycles. The first-order chi connectivity index (χ1) is 9.11. The molecular weight excluding hydrogens is 252 g/mol. The minimum Gasteiger partial charge on any atom is -0.432 e. The second kappa shape index (κ2) is 6.12. The van der Waals surface area contributed by atoms with Gasteiger partial charge in [-0.05, 0) is 5.56 Å². The third-order valence-electron chi connectivity index (χ3n) is 2.94. The second-order valence-electron chi connectivity index (χ2n) is 4.36. The number of hydrogen-bond acceptors (Lipinski definition) is 6. The Morgan fingerprint density at radius 2 is 1.89 bits per heavy atom. The molecule has 1 aliphatic rings. The van der Waals surface area contributed by atoms with E-state index in [1.807, 2.05) is 6.07 Å². The van der Waals surface area contributed by atoms with Crippen LogP contribution in [0.4, 0.5) is 0 Å². The molecule has 1 aromatic rings. The lowest BCUT2D eigenvalue weighted by Crippen LogP contribution is -2.35. The monoisotopic (exact) mass is 268 g/mol. The molecule has 6 nitrogen and oxygen atoms in total. The summed E-state index contributed by atoms with van der Waals surface area (Å²) in [6.45, 7) is -0.453. The molecule has 0 aliphatic carbocycles. The van der Waals surface area contributed by atoms with Crippen LogP contribution < -0.4 is 0 Å². The van der Waals surface area contributed by atoms with E-state index in [-0.39, 0.29) is 6.42 Å². The van der Waals surface area contributed by atoms with Gasteiger partial charge in [0.1, 0.15) is 18.3 Å². The van der Waals surface area contributed by atoms with Crippen LogP contribution in [0.1, 0.15) is 5.56 Å². The molecule has 0 amide bonds. The zero-order chi connectivity index (χ0) is 13.8. The lowest BCUT2D eigenvalue weighted by atomic mass is 10.1. The fourth-order valence-electron chi connectivity index (χ4n) is 1.90. The molecule has 104 valence electrons. The van der Waals surface area contributed by atoms with Crippen molar-refractivity contribution in [3.63, 3.8) is 0 Å². The van der Waals surface area contributed by atoms with Crippen molar-refractivity contribution < 1.29 is 29.6 Å². The minimum absolute atomic E-state index is 0.0489. The van der Waals surface area contributed by atoms with Crippen LogP contribution >= 0.6 is 0 Å². The fourth-order valence-corrected chi connectivity index (χ4v) is 1.90. The van der Waals surface area contributed by atoms with Crippen LogP contribution in [-0.2, 0) is 20.7 Å². The van der Waals surface area contributed by atoms with Crippen molar-refractivity contribution in [1.82, 2.24) is 0 Å². The summed E-state index contributed by atoms with van der Waals surface area (Å²) >= 11 is 0. The van der Waals surface area contributed by atoms with Gasteiger partial charge in [0.15, 0.2) is 0 Å². The normalized spacial score (nSPS) is 30.3. The van der Waals surface area contributed by atoms with E-state index in [1.54, 1.807) is 24.3 Å². The fraction of sp³-hybridized carbons (Fsp3) is 0.462. The van der Waals surface area contributed by atoms with Gasteiger partial charge in [-0.2, -0.15) is 0 Å². The number of benzene rings is 1. The maximum absolute atomic E-state index is 11.7. The molecule has 1 aliphatic heterocycles.